The van der Waals surface area contributed by atoms with Crippen LogP contribution in [0.1, 0.15) is 27.9 Å². The molecule has 5 heteroatoms. The minimum absolute atomic E-state index is 0.00356. The summed E-state index contributed by atoms with van der Waals surface area (Å²) in [6.45, 7) is 3.57. The van der Waals surface area contributed by atoms with Gasteiger partial charge in [-0.05, 0) is 49.1 Å². The molecule has 1 aliphatic carbocycles. The second kappa shape index (κ2) is 6.16. The smallest absolute Gasteiger partial charge is 0.251 e. The normalized spacial score (nSPS) is 23.4. The Bertz CT molecular complexity index is 845. The van der Waals surface area contributed by atoms with Crippen molar-refractivity contribution in [3.63, 3.8) is 0 Å². The number of hydrogen-bond donors (Lipinski definition) is 2. The van der Waals surface area contributed by atoms with Crippen molar-refractivity contribution in [1.29, 1.82) is 0 Å². The molecule has 2 aromatic rings. The van der Waals surface area contributed by atoms with E-state index in [2.05, 4.69) is 36.5 Å². The minimum atomic E-state index is -0.309. The second-order valence-corrected chi connectivity index (χ2v) is 7.43. The largest absolute Gasteiger partial charge is 0.508 e. The number of aryl methyl sites for hydroxylation is 1. The number of piperidine rings is 1. The lowest BCUT2D eigenvalue weighted by Crippen LogP contribution is -2.40. The Kier molecular flexibility index (Phi) is 3.94. The van der Waals surface area contributed by atoms with Crippen molar-refractivity contribution >= 4 is 11.8 Å². The molecule has 0 radical (unpaired) electrons. The molecule has 5 nitrogen and oxygen atoms in total. The first-order chi connectivity index (χ1) is 12.5. The number of nitrogens with one attached hydrogen (secondary N) is 1. The molecule has 1 aliphatic heterocycles. The molecule has 0 spiro atoms. The molecular formula is C21H22N2O3. The molecule has 0 aromatic heterocycles. The van der Waals surface area contributed by atoms with Gasteiger partial charge in [-0.2, -0.15) is 0 Å². The van der Waals surface area contributed by atoms with Gasteiger partial charge in [0.2, 0.25) is 5.91 Å². The van der Waals surface area contributed by atoms with Crippen molar-refractivity contribution in [1.82, 2.24) is 10.2 Å². The van der Waals surface area contributed by atoms with E-state index in [-0.39, 0.29) is 29.5 Å². The molecule has 2 amide bonds. The van der Waals surface area contributed by atoms with Gasteiger partial charge in [0, 0.05) is 24.1 Å². The third kappa shape index (κ3) is 2.94. The fourth-order valence-corrected chi connectivity index (χ4v) is 3.99. The molecule has 2 N–H and O–H groups in total. The van der Waals surface area contributed by atoms with E-state index in [0.29, 0.717) is 11.5 Å². The standard InChI is InChI=1S/C21H22N2O3/c1-14-2-6-16(7-3-14)21-10-17(21)12-23(13-21)19(25)11-22-20(26)15-4-8-18(24)9-5-15/h2-9,17,24H,10-13H2,1H3,(H,22,26)/t17-,21+/m0/s1. The Morgan fingerprint density at radius 3 is 2.54 bits per heavy atom. The zero-order chi connectivity index (χ0) is 18.3. The highest BCUT2D eigenvalue weighted by Crippen LogP contribution is 2.58. The lowest BCUT2D eigenvalue weighted by molar-refractivity contribution is -0.129. The molecule has 2 aliphatic rings. The van der Waals surface area contributed by atoms with Gasteiger partial charge in [0.15, 0.2) is 0 Å². The van der Waals surface area contributed by atoms with Crippen LogP contribution in [0.25, 0.3) is 0 Å². The predicted octanol–water partition coefficient (Wildman–Crippen LogP) is 2.23. The summed E-state index contributed by atoms with van der Waals surface area (Å²) in [6.07, 6.45) is 1.14. The molecule has 0 bridgehead atoms. The van der Waals surface area contributed by atoms with E-state index >= 15 is 0 Å². The maximum Gasteiger partial charge on any atom is 0.251 e. The number of aromatic hydroxyl groups is 1. The summed E-state index contributed by atoms with van der Waals surface area (Å²) in [5.41, 5.74) is 3.10. The highest BCUT2D eigenvalue weighted by molar-refractivity contribution is 5.96. The number of hydrogen-bond acceptors (Lipinski definition) is 3. The van der Waals surface area contributed by atoms with Gasteiger partial charge in [-0.3, -0.25) is 9.59 Å². The van der Waals surface area contributed by atoms with Gasteiger partial charge in [-0.15, -0.1) is 0 Å². The maximum atomic E-state index is 12.5. The van der Waals surface area contributed by atoms with Crippen LogP contribution in [0, 0.1) is 12.8 Å². The van der Waals surface area contributed by atoms with Crippen molar-refractivity contribution in [3.8, 4) is 5.75 Å². The fourth-order valence-electron chi connectivity index (χ4n) is 3.99. The van der Waals surface area contributed by atoms with Crippen LogP contribution in [0.2, 0.25) is 0 Å². The van der Waals surface area contributed by atoms with Crippen molar-refractivity contribution in [2.45, 2.75) is 18.8 Å². The molecule has 1 saturated heterocycles. The van der Waals surface area contributed by atoms with Crippen LogP contribution in [0.15, 0.2) is 48.5 Å². The van der Waals surface area contributed by atoms with Crippen molar-refractivity contribution in [2.24, 2.45) is 5.92 Å². The van der Waals surface area contributed by atoms with Crippen molar-refractivity contribution in [3.05, 3.63) is 65.2 Å². The van der Waals surface area contributed by atoms with Crippen LogP contribution in [-0.2, 0) is 10.2 Å². The molecule has 26 heavy (non-hydrogen) atoms. The van der Waals surface area contributed by atoms with E-state index in [1.807, 2.05) is 4.90 Å². The quantitative estimate of drug-likeness (QED) is 0.888. The molecule has 0 unspecified atom stereocenters. The number of carbonyl (C=O) groups is 2. The van der Waals surface area contributed by atoms with Crippen LogP contribution in [0.5, 0.6) is 5.75 Å². The Hall–Kier alpha value is -2.82. The van der Waals surface area contributed by atoms with Crippen LogP contribution in [0.3, 0.4) is 0 Å². The van der Waals surface area contributed by atoms with E-state index in [4.69, 9.17) is 0 Å². The highest BCUT2D eigenvalue weighted by Gasteiger charge is 2.61. The van der Waals surface area contributed by atoms with E-state index in [1.54, 1.807) is 0 Å². The first-order valence-corrected chi connectivity index (χ1v) is 8.90. The third-order valence-electron chi connectivity index (χ3n) is 5.65. The summed E-state index contributed by atoms with van der Waals surface area (Å²) in [5, 5.41) is 11.9. The summed E-state index contributed by atoms with van der Waals surface area (Å²) in [4.78, 5) is 26.5. The summed E-state index contributed by atoms with van der Waals surface area (Å²) in [5.74, 6) is 0.282. The second-order valence-electron chi connectivity index (χ2n) is 7.43. The summed E-state index contributed by atoms with van der Waals surface area (Å²) in [6, 6.07) is 14.6. The zero-order valence-electron chi connectivity index (χ0n) is 14.7. The molecule has 2 atom stereocenters. The molecule has 1 heterocycles. The molecule has 1 saturated carbocycles. The Labute approximate surface area is 152 Å². The Morgan fingerprint density at radius 1 is 1.15 bits per heavy atom. The number of fused-ring (bicyclic) bond motifs is 1. The van der Waals surface area contributed by atoms with Gasteiger partial charge in [-0.1, -0.05) is 29.8 Å². The molecule has 2 fully saturated rings. The first-order valence-electron chi connectivity index (χ1n) is 8.90. The van der Waals surface area contributed by atoms with Crippen molar-refractivity contribution < 1.29 is 14.7 Å². The molecular weight excluding hydrogens is 328 g/mol. The van der Waals surface area contributed by atoms with Crippen LogP contribution in [-0.4, -0.2) is 41.5 Å². The topological polar surface area (TPSA) is 69.6 Å². The van der Waals surface area contributed by atoms with Gasteiger partial charge in [0.1, 0.15) is 5.75 Å². The predicted molar refractivity (Wildman–Crippen MR) is 98.0 cm³/mol. The van der Waals surface area contributed by atoms with Crippen LogP contribution >= 0.6 is 0 Å². The van der Waals surface area contributed by atoms with E-state index in [1.165, 1.54) is 35.4 Å². The number of likely N-dealkylation sites (tertiary alicyclic amines) is 1. The van der Waals surface area contributed by atoms with Gasteiger partial charge >= 0.3 is 0 Å². The summed E-state index contributed by atoms with van der Waals surface area (Å²) < 4.78 is 0. The minimum Gasteiger partial charge on any atom is -0.508 e. The molecule has 2 aromatic carbocycles. The number of benzene rings is 2. The summed E-state index contributed by atoms with van der Waals surface area (Å²) in [7, 11) is 0. The molecule has 134 valence electrons. The van der Waals surface area contributed by atoms with E-state index < -0.39 is 0 Å². The number of nitrogens with zero attached hydrogens (tertiary/aromatic N) is 1. The lowest BCUT2D eigenvalue weighted by atomic mass is 9.94. The van der Waals surface area contributed by atoms with Gasteiger partial charge in [-0.25, -0.2) is 0 Å². The first kappa shape index (κ1) is 16.6. The highest BCUT2D eigenvalue weighted by atomic mass is 16.3. The Morgan fingerprint density at radius 2 is 1.85 bits per heavy atom. The summed E-state index contributed by atoms with van der Waals surface area (Å²) >= 11 is 0. The van der Waals surface area contributed by atoms with E-state index in [9.17, 15) is 14.7 Å². The number of phenols is 1. The van der Waals surface area contributed by atoms with Gasteiger partial charge in [0.25, 0.3) is 5.91 Å². The third-order valence-corrected chi connectivity index (χ3v) is 5.65. The number of amides is 2. The average Bonchev–Trinajstić information content (AvgIpc) is 3.21. The van der Waals surface area contributed by atoms with Gasteiger partial charge < -0.3 is 15.3 Å². The number of carbonyl (C=O) groups excluding carboxylic acids is 2. The van der Waals surface area contributed by atoms with Crippen LogP contribution in [0.4, 0.5) is 0 Å². The average molecular weight is 350 g/mol. The zero-order valence-corrected chi connectivity index (χ0v) is 14.7. The van der Waals surface area contributed by atoms with Crippen molar-refractivity contribution in [2.75, 3.05) is 19.6 Å². The fraction of sp³-hybridized carbons (Fsp3) is 0.333. The van der Waals surface area contributed by atoms with E-state index in [0.717, 1.165) is 19.5 Å². The number of rotatable bonds is 4. The molecule has 4 rings (SSSR count). The SMILES string of the molecule is Cc1ccc([C@]23C[C@H]2CN(C(=O)CNC(=O)c2ccc(O)cc2)C3)cc1. The van der Waals surface area contributed by atoms with Crippen LogP contribution < -0.4 is 5.32 Å². The maximum absolute atomic E-state index is 12.5. The lowest BCUT2D eigenvalue weighted by Gasteiger charge is -2.21. The monoisotopic (exact) mass is 350 g/mol. The Balaban J connectivity index is 1.34. The number of phenolic OH excluding ortho intramolecular Hbond substituents is 1. The van der Waals surface area contributed by atoms with Gasteiger partial charge in [0.05, 0.1) is 6.54 Å².